The van der Waals surface area contributed by atoms with Gasteiger partial charge in [0, 0.05) is 26.5 Å². The highest BCUT2D eigenvalue weighted by molar-refractivity contribution is 5.90. The van der Waals surface area contributed by atoms with Gasteiger partial charge in [0.1, 0.15) is 5.60 Å². The number of nitrogens with one attached hydrogen (secondary N) is 1. The van der Waals surface area contributed by atoms with Crippen molar-refractivity contribution in [2.24, 2.45) is 23.7 Å². The smallest absolute Gasteiger partial charge is 0.309 e. The van der Waals surface area contributed by atoms with Gasteiger partial charge in [-0.15, -0.1) is 0 Å². The number of esters is 1. The number of rotatable bonds is 14. The highest BCUT2D eigenvalue weighted by atomic mass is 16.6. The molecule has 5 atom stereocenters. The van der Waals surface area contributed by atoms with Crippen molar-refractivity contribution in [3.63, 3.8) is 0 Å². The van der Waals surface area contributed by atoms with E-state index in [2.05, 4.69) is 19.2 Å². The van der Waals surface area contributed by atoms with E-state index in [1.807, 2.05) is 48.5 Å². The van der Waals surface area contributed by atoms with Gasteiger partial charge in [0.05, 0.1) is 24.6 Å². The van der Waals surface area contributed by atoms with E-state index in [1.54, 1.807) is 26.1 Å². The normalized spacial score (nSPS) is 16.8. The van der Waals surface area contributed by atoms with Crippen LogP contribution in [0.5, 0.6) is 0 Å². The van der Waals surface area contributed by atoms with Gasteiger partial charge in [-0.2, -0.15) is 0 Å². The van der Waals surface area contributed by atoms with E-state index < -0.39 is 17.6 Å². The van der Waals surface area contributed by atoms with E-state index >= 15 is 0 Å². The standard InChI is InChI=1S/C26H50N2O5/c1-13-18(6)24(21(32-12)15-22(30)33-26(7,8)9)28(11)25(31)19(16(2)3)14-20(29)23(27-10)17(4)5/h16-19,21,23-24,27H,13-15H2,1-12H3/t18-,19?,21+,23-,24-/m0/s1. The molecule has 0 saturated heterocycles. The van der Waals surface area contributed by atoms with Crippen molar-refractivity contribution in [1.82, 2.24) is 10.2 Å². The highest BCUT2D eigenvalue weighted by Gasteiger charge is 2.39. The van der Waals surface area contributed by atoms with Crippen molar-refractivity contribution in [3.8, 4) is 0 Å². The SMILES string of the molecule is CC[C@H](C)[C@@H]([C@@H](CC(=O)OC(C)(C)C)OC)N(C)C(=O)C(CC(=O)[C@@H](NC)C(C)C)C(C)C. The predicted molar refractivity (Wildman–Crippen MR) is 133 cm³/mol. The number of ketones is 1. The monoisotopic (exact) mass is 470 g/mol. The van der Waals surface area contributed by atoms with Crippen molar-refractivity contribution in [1.29, 1.82) is 0 Å². The Balaban J connectivity index is 5.83. The third-order valence-electron chi connectivity index (χ3n) is 6.36. The molecule has 0 rings (SSSR count). The lowest BCUT2D eigenvalue weighted by Gasteiger charge is -2.40. The molecule has 0 aliphatic carbocycles. The van der Waals surface area contributed by atoms with Gasteiger partial charge in [0.25, 0.3) is 0 Å². The summed E-state index contributed by atoms with van der Waals surface area (Å²) in [4.78, 5) is 40.9. The molecular weight excluding hydrogens is 420 g/mol. The molecular formula is C26H50N2O5. The quantitative estimate of drug-likeness (QED) is 0.385. The van der Waals surface area contributed by atoms with Gasteiger partial charge >= 0.3 is 5.97 Å². The molecule has 0 bridgehead atoms. The molecule has 0 aromatic carbocycles. The lowest BCUT2D eigenvalue weighted by molar-refractivity contribution is -0.161. The molecule has 7 nitrogen and oxygen atoms in total. The largest absolute Gasteiger partial charge is 0.460 e. The fourth-order valence-electron chi connectivity index (χ4n) is 4.36. The first kappa shape index (κ1) is 31.5. The summed E-state index contributed by atoms with van der Waals surface area (Å²) in [5, 5.41) is 3.09. The third kappa shape index (κ3) is 10.1. The van der Waals surface area contributed by atoms with Gasteiger partial charge in [-0.3, -0.25) is 14.4 Å². The second kappa shape index (κ2) is 14.1. The number of Topliss-reactive ketones (excluding diaryl/α,β-unsaturated/α-hetero) is 1. The van der Waals surface area contributed by atoms with Crippen LogP contribution in [0.3, 0.4) is 0 Å². The zero-order valence-electron chi connectivity index (χ0n) is 23.2. The van der Waals surface area contributed by atoms with Gasteiger partial charge in [-0.25, -0.2) is 0 Å². The maximum absolute atomic E-state index is 13.7. The summed E-state index contributed by atoms with van der Waals surface area (Å²) >= 11 is 0. The number of carbonyl (C=O) groups excluding carboxylic acids is 3. The van der Waals surface area contributed by atoms with Gasteiger partial charge in [-0.1, -0.05) is 48.0 Å². The Morgan fingerprint density at radius 1 is 0.970 bits per heavy atom. The van der Waals surface area contributed by atoms with Crippen LogP contribution in [0.1, 0.15) is 81.6 Å². The van der Waals surface area contributed by atoms with Crippen molar-refractivity contribution in [2.45, 2.75) is 105 Å². The van der Waals surface area contributed by atoms with E-state index in [-0.39, 0.29) is 60.3 Å². The van der Waals surface area contributed by atoms with E-state index in [0.717, 1.165) is 6.42 Å². The summed E-state index contributed by atoms with van der Waals surface area (Å²) in [5.74, 6) is -0.606. The van der Waals surface area contributed by atoms with E-state index in [1.165, 1.54) is 0 Å². The minimum absolute atomic E-state index is 0.00185. The van der Waals surface area contributed by atoms with Crippen LogP contribution in [0.4, 0.5) is 0 Å². The van der Waals surface area contributed by atoms with Gasteiger partial charge in [0.15, 0.2) is 5.78 Å². The summed E-state index contributed by atoms with van der Waals surface area (Å²) in [7, 11) is 5.10. The van der Waals surface area contributed by atoms with Crippen molar-refractivity contribution < 1.29 is 23.9 Å². The molecule has 0 heterocycles. The molecule has 1 amide bonds. The molecule has 0 fully saturated rings. The average Bonchev–Trinajstić information content (AvgIpc) is 2.68. The number of hydrogen-bond acceptors (Lipinski definition) is 6. The number of hydrogen-bond donors (Lipinski definition) is 1. The Morgan fingerprint density at radius 3 is 1.88 bits per heavy atom. The summed E-state index contributed by atoms with van der Waals surface area (Å²) in [6.45, 7) is 17.5. The second-order valence-electron chi connectivity index (χ2n) is 10.9. The number of methoxy groups -OCH3 is 1. The molecule has 0 aliphatic heterocycles. The van der Waals surface area contributed by atoms with Crippen LogP contribution in [-0.4, -0.2) is 67.6 Å². The third-order valence-corrected chi connectivity index (χ3v) is 6.36. The molecule has 0 radical (unpaired) electrons. The number of nitrogens with zero attached hydrogens (tertiary/aromatic N) is 1. The Labute approximate surface area is 202 Å². The van der Waals surface area contributed by atoms with Crippen LogP contribution >= 0.6 is 0 Å². The van der Waals surface area contributed by atoms with Crippen LogP contribution in [0.15, 0.2) is 0 Å². The summed E-state index contributed by atoms with van der Waals surface area (Å²) in [6, 6.07) is -0.602. The molecule has 7 heteroatoms. The molecule has 1 unspecified atom stereocenters. The predicted octanol–water partition coefficient (Wildman–Crippen LogP) is 4.08. The van der Waals surface area contributed by atoms with Crippen LogP contribution in [0.25, 0.3) is 0 Å². The van der Waals surface area contributed by atoms with Gasteiger partial charge in [-0.05, 0) is 45.6 Å². The number of likely N-dealkylation sites (N-methyl/N-ethyl adjacent to an activating group) is 2. The van der Waals surface area contributed by atoms with Crippen LogP contribution in [0, 0.1) is 23.7 Å². The zero-order chi connectivity index (χ0) is 26.1. The molecule has 0 spiro atoms. The van der Waals surface area contributed by atoms with Gasteiger partial charge in [0.2, 0.25) is 5.91 Å². The summed E-state index contributed by atoms with van der Waals surface area (Å²) in [5.41, 5.74) is -0.591. The van der Waals surface area contributed by atoms with E-state index in [0.29, 0.717) is 0 Å². The summed E-state index contributed by atoms with van der Waals surface area (Å²) in [6.07, 6.45) is 0.548. The van der Waals surface area contributed by atoms with Crippen LogP contribution < -0.4 is 5.32 Å². The minimum atomic E-state index is -0.591. The Morgan fingerprint density at radius 2 is 1.52 bits per heavy atom. The van der Waals surface area contributed by atoms with Crippen molar-refractivity contribution >= 4 is 17.7 Å². The fraction of sp³-hybridized carbons (Fsp3) is 0.885. The molecule has 0 saturated carbocycles. The Kier molecular flexibility index (Phi) is 13.4. The number of carbonyl (C=O) groups is 3. The first-order valence-electron chi connectivity index (χ1n) is 12.3. The Bertz CT molecular complexity index is 627. The fourth-order valence-corrected chi connectivity index (χ4v) is 4.36. The molecule has 0 aromatic rings. The Hall–Kier alpha value is -1.47. The van der Waals surface area contributed by atoms with Crippen molar-refractivity contribution in [2.75, 3.05) is 21.2 Å². The molecule has 1 N–H and O–H groups in total. The first-order chi connectivity index (χ1) is 15.1. The molecule has 0 aliphatic rings. The van der Waals surface area contributed by atoms with Crippen LogP contribution in [0.2, 0.25) is 0 Å². The maximum atomic E-state index is 13.7. The first-order valence-corrected chi connectivity index (χ1v) is 12.3. The molecule has 0 aromatic heterocycles. The van der Waals surface area contributed by atoms with E-state index in [9.17, 15) is 14.4 Å². The lowest BCUT2D eigenvalue weighted by Crippen LogP contribution is -2.53. The second-order valence-corrected chi connectivity index (χ2v) is 10.9. The number of ether oxygens (including phenoxy) is 2. The molecule has 194 valence electrons. The lowest BCUT2D eigenvalue weighted by atomic mass is 9.84. The van der Waals surface area contributed by atoms with Gasteiger partial charge < -0.3 is 19.7 Å². The average molecular weight is 471 g/mol. The maximum Gasteiger partial charge on any atom is 0.309 e. The molecule has 33 heavy (non-hydrogen) atoms. The van der Waals surface area contributed by atoms with E-state index in [4.69, 9.17) is 9.47 Å². The topological polar surface area (TPSA) is 84.9 Å². The number of amides is 1. The zero-order valence-corrected chi connectivity index (χ0v) is 23.2. The van der Waals surface area contributed by atoms with Crippen molar-refractivity contribution in [3.05, 3.63) is 0 Å². The summed E-state index contributed by atoms with van der Waals surface area (Å²) < 4.78 is 11.2. The highest BCUT2D eigenvalue weighted by Crippen LogP contribution is 2.27. The van der Waals surface area contributed by atoms with Crippen LogP contribution in [-0.2, 0) is 23.9 Å². The minimum Gasteiger partial charge on any atom is -0.460 e.